The fourth-order valence-electron chi connectivity index (χ4n) is 2.86. The highest BCUT2D eigenvalue weighted by Crippen LogP contribution is 2.21. The molecule has 0 bridgehead atoms. The van der Waals surface area contributed by atoms with Gasteiger partial charge in [-0.3, -0.25) is 19.7 Å². The average molecular weight is 467 g/mol. The number of ether oxygens (including phenoxy) is 1. The fraction of sp³-hybridized carbons (Fsp3) is 0.0870. The summed E-state index contributed by atoms with van der Waals surface area (Å²) in [6, 6.07) is 17.7. The monoisotopic (exact) mass is 466 g/mol. The summed E-state index contributed by atoms with van der Waals surface area (Å²) in [6.07, 6.45) is 1.42. The molecule has 0 aromatic heterocycles. The minimum Gasteiger partial charge on any atom is -0.484 e. The van der Waals surface area contributed by atoms with Crippen molar-refractivity contribution in [3.63, 3.8) is 0 Å². The van der Waals surface area contributed by atoms with Gasteiger partial charge in [-0.15, -0.1) is 0 Å². The first-order valence-electron chi connectivity index (χ1n) is 9.69. The van der Waals surface area contributed by atoms with Crippen molar-refractivity contribution in [3.05, 3.63) is 98.6 Å². The molecule has 2 amide bonds. The van der Waals surface area contributed by atoms with Gasteiger partial charge >= 0.3 is 0 Å². The van der Waals surface area contributed by atoms with Crippen LogP contribution in [0.1, 0.15) is 21.5 Å². The summed E-state index contributed by atoms with van der Waals surface area (Å²) < 4.78 is 5.46. The summed E-state index contributed by atoms with van der Waals surface area (Å²) in [7, 11) is 0. The number of hydrogen-bond donors (Lipinski definition) is 2. The molecule has 0 saturated heterocycles. The van der Waals surface area contributed by atoms with Crippen molar-refractivity contribution in [2.45, 2.75) is 6.92 Å². The van der Waals surface area contributed by atoms with E-state index in [-0.39, 0.29) is 29.3 Å². The molecular weight excluding hydrogens is 448 g/mol. The van der Waals surface area contributed by atoms with E-state index in [4.69, 9.17) is 16.3 Å². The zero-order valence-electron chi connectivity index (χ0n) is 17.4. The number of nitrogens with zero attached hydrogens (tertiary/aromatic N) is 2. The molecule has 0 radical (unpaired) electrons. The maximum atomic E-state index is 12.3. The maximum Gasteiger partial charge on any atom is 0.273 e. The van der Waals surface area contributed by atoms with Gasteiger partial charge in [-0.05, 0) is 61.0 Å². The Hall–Kier alpha value is -4.24. The van der Waals surface area contributed by atoms with E-state index in [1.54, 1.807) is 48.5 Å². The molecule has 0 aliphatic rings. The third-order valence-electron chi connectivity index (χ3n) is 4.48. The van der Waals surface area contributed by atoms with Gasteiger partial charge in [0.25, 0.3) is 17.5 Å². The summed E-state index contributed by atoms with van der Waals surface area (Å²) in [4.78, 5) is 34.7. The molecule has 9 nitrogen and oxygen atoms in total. The summed E-state index contributed by atoms with van der Waals surface area (Å²) in [6.45, 7) is 1.32. The SMILES string of the molecule is Cc1c(C(=O)N/N=C\c2ccc(OCC(=O)Nc3cccc(Cl)c3)cc2)cccc1[N+](=O)[O-]. The zero-order chi connectivity index (χ0) is 23.8. The molecule has 3 aromatic carbocycles. The van der Waals surface area contributed by atoms with Gasteiger partial charge in [0.1, 0.15) is 5.75 Å². The number of halogens is 1. The number of rotatable bonds is 8. The van der Waals surface area contributed by atoms with E-state index in [1.165, 1.54) is 31.3 Å². The molecule has 3 rings (SSSR count). The Morgan fingerprint density at radius 1 is 1.12 bits per heavy atom. The Balaban J connectivity index is 1.51. The first-order valence-corrected chi connectivity index (χ1v) is 10.1. The van der Waals surface area contributed by atoms with Crippen molar-refractivity contribution in [2.24, 2.45) is 5.10 Å². The highest BCUT2D eigenvalue weighted by molar-refractivity contribution is 6.30. The first-order chi connectivity index (χ1) is 15.8. The number of hydrazone groups is 1. The highest BCUT2D eigenvalue weighted by Gasteiger charge is 2.17. The molecule has 0 heterocycles. The zero-order valence-corrected chi connectivity index (χ0v) is 18.2. The molecule has 168 valence electrons. The van der Waals surface area contributed by atoms with Crippen molar-refractivity contribution in [2.75, 3.05) is 11.9 Å². The second-order valence-electron chi connectivity index (χ2n) is 6.82. The molecular formula is C23H19ClN4O5. The van der Waals surface area contributed by atoms with E-state index >= 15 is 0 Å². The molecule has 0 unspecified atom stereocenters. The van der Waals surface area contributed by atoms with E-state index in [0.717, 1.165) is 0 Å². The molecule has 0 aliphatic heterocycles. The van der Waals surface area contributed by atoms with Crippen LogP contribution in [0.15, 0.2) is 71.8 Å². The van der Waals surface area contributed by atoms with Crippen molar-refractivity contribution in [1.82, 2.24) is 5.43 Å². The van der Waals surface area contributed by atoms with Crippen LogP contribution in [0.3, 0.4) is 0 Å². The number of nitro benzene ring substituents is 1. The van der Waals surface area contributed by atoms with Gasteiger partial charge < -0.3 is 10.1 Å². The lowest BCUT2D eigenvalue weighted by Crippen LogP contribution is -2.20. The standard InChI is InChI=1S/C23H19ClN4O5/c1-15-20(6-3-7-21(15)28(31)32)23(30)27-25-13-16-8-10-19(11-9-16)33-14-22(29)26-18-5-2-4-17(24)12-18/h2-13H,14H2,1H3,(H,26,29)(H,27,30)/b25-13-. The van der Waals surface area contributed by atoms with Crippen LogP contribution in [-0.4, -0.2) is 29.6 Å². The highest BCUT2D eigenvalue weighted by atomic mass is 35.5. The van der Waals surface area contributed by atoms with Gasteiger partial charge in [0.2, 0.25) is 0 Å². The molecule has 0 spiro atoms. The molecule has 2 N–H and O–H groups in total. The molecule has 0 atom stereocenters. The lowest BCUT2D eigenvalue weighted by Gasteiger charge is -2.08. The van der Waals surface area contributed by atoms with Gasteiger partial charge in [-0.25, -0.2) is 5.43 Å². The van der Waals surface area contributed by atoms with Crippen LogP contribution < -0.4 is 15.5 Å². The van der Waals surface area contributed by atoms with E-state index in [2.05, 4.69) is 15.8 Å². The number of amides is 2. The van der Waals surface area contributed by atoms with E-state index in [9.17, 15) is 19.7 Å². The Kier molecular flexibility index (Phi) is 7.72. The van der Waals surface area contributed by atoms with Gasteiger partial charge in [-0.1, -0.05) is 23.7 Å². The largest absolute Gasteiger partial charge is 0.484 e. The lowest BCUT2D eigenvalue weighted by atomic mass is 10.1. The quantitative estimate of drug-likeness (QED) is 0.290. The molecule has 10 heteroatoms. The van der Waals surface area contributed by atoms with Crippen molar-refractivity contribution < 1.29 is 19.2 Å². The molecule has 3 aromatic rings. The molecule has 33 heavy (non-hydrogen) atoms. The second-order valence-corrected chi connectivity index (χ2v) is 7.26. The Bertz CT molecular complexity index is 1210. The van der Waals surface area contributed by atoms with Crippen molar-refractivity contribution in [1.29, 1.82) is 0 Å². The number of hydrogen-bond acceptors (Lipinski definition) is 6. The van der Waals surface area contributed by atoms with Crippen LogP contribution >= 0.6 is 11.6 Å². The van der Waals surface area contributed by atoms with E-state index in [1.807, 2.05) is 0 Å². The maximum absolute atomic E-state index is 12.3. The Morgan fingerprint density at radius 3 is 2.55 bits per heavy atom. The van der Waals surface area contributed by atoms with Crippen LogP contribution in [0.5, 0.6) is 5.75 Å². The second kappa shape index (κ2) is 10.9. The molecule has 0 aliphatic carbocycles. The summed E-state index contributed by atoms with van der Waals surface area (Å²) in [5.74, 6) is -0.412. The third-order valence-corrected chi connectivity index (χ3v) is 4.72. The van der Waals surface area contributed by atoms with Crippen LogP contribution in [0.4, 0.5) is 11.4 Å². The van der Waals surface area contributed by atoms with Crippen molar-refractivity contribution >= 4 is 41.0 Å². The number of carbonyl (C=O) groups excluding carboxylic acids is 2. The molecule has 0 fully saturated rings. The third kappa shape index (κ3) is 6.62. The average Bonchev–Trinajstić information content (AvgIpc) is 2.78. The van der Waals surface area contributed by atoms with Crippen molar-refractivity contribution in [3.8, 4) is 5.75 Å². The number of nitro groups is 1. The number of carbonyl (C=O) groups is 2. The first kappa shape index (κ1) is 23.4. The summed E-state index contributed by atoms with van der Waals surface area (Å²) in [5.41, 5.74) is 3.89. The predicted molar refractivity (Wildman–Crippen MR) is 125 cm³/mol. The number of nitrogens with one attached hydrogen (secondary N) is 2. The molecule has 0 saturated carbocycles. The Labute approximate surface area is 194 Å². The minimum absolute atomic E-state index is 0.136. The number of anilines is 1. The van der Waals surface area contributed by atoms with E-state index in [0.29, 0.717) is 22.0 Å². The number of benzene rings is 3. The van der Waals surface area contributed by atoms with Gasteiger partial charge in [-0.2, -0.15) is 5.10 Å². The summed E-state index contributed by atoms with van der Waals surface area (Å²) in [5, 5.41) is 18.1. The summed E-state index contributed by atoms with van der Waals surface area (Å²) >= 11 is 5.88. The van der Waals surface area contributed by atoms with Crippen LogP contribution in [0.25, 0.3) is 0 Å². The lowest BCUT2D eigenvalue weighted by molar-refractivity contribution is -0.385. The fourth-order valence-corrected chi connectivity index (χ4v) is 3.05. The van der Waals surface area contributed by atoms with Gasteiger partial charge in [0.15, 0.2) is 6.61 Å². The predicted octanol–water partition coefficient (Wildman–Crippen LogP) is 4.34. The van der Waals surface area contributed by atoms with Crippen LogP contribution in [-0.2, 0) is 4.79 Å². The normalized spacial score (nSPS) is 10.6. The van der Waals surface area contributed by atoms with Crippen LogP contribution in [0.2, 0.25) is 5.02 Å². The van der Waals surface area contributed by atoms with Gasteiger partial charge in [0.05, 0.1) is 16.7 Å². The van der Waals surface area contributed by atoms with E-state index < -0.39 is 10.8 Å². The topological polar surface area (TPSA) is 123 Å². The van der Waals surface area contributed by atoms with Crippen LogP contribution in [0, 0.1) is 17.0 Å². The minimum atomic E-state index is -0.557. The Morgan fingerprint density at radius 2 is 1.85 bits per heavy atom. The smallest absolute Gasteiger partial charge is 0.273 e. The van der Waals surface area contributed by atoms with Gasteiger partial charge in [0, 0.05) is 22.3 Å².